The number of carboxylic acids is 1. The second kappa shape index (κ2) is 5.38. The summed E-state index contributed by atoms with van der Waals surface area (Å²) in [6.07, 6.45) is 2.57. The molecule has 0 spiro atoms. The van der Waals surface area contributed by atoms with Gasteiger partial charge in [0.1, 0.15) is 0 Å². The van der Waals surface area contributed by atoms with Gasteiger partial charge in [0.25, 0.3) is 0 Å². The maximum Gasteiger partial charge on any atom is 0.306 e. The van der Waals surface area contributed by atoms with E-state index in [2.05, 4.69) is 0 Å². The highest BCUT2D eigenvalue weighted by Crippen LogP contribution is 2.42. The Labute approximate surface area is 109 Å². The quantitative estimate of drug-likeness (QED) is 0.889. The van der Waals surface area contributed by atoms with Gasteiger partial charge in [0.05, 0.1) is 21.9 Å². The molecule has 3 unspecified atom stereocenters. The van der Waals surface area contributed by atoms with Crippen LogP contribution in [-0.4, -0.2) is 16.2 Å². The molecule has 1 heterocycles. The lowest BCUT2D eigenvalue weighted by molar-refractivity contribution is -0.147. The predicted octanol–water partition coefficient (Wildman–Crippen LogP) is 3.33. The third-order valence-electron chi connectivity index (χ3n) is 3.46. The molecule has 0 saturated heterocycles. The predicted molar refractivity (Wildman–Crippen MR) is 67.4 cm³/mol. The highest BCUT2D eigenvalue weighted by Gasteiger charge is 2.37. The van der Waals surface area contributed by atoms with Gasteiger partial charge in [-0.3, -0.25) is 4.79 Å². The number of carboxylic acid groups (broad SMARTS) is 1. The van der Waals surface area contributed by atoms with Gasteiger partial charge < -0.3 is 10.2 Å². The summed E-state index contributed by atoms with van der Waals surface area (Å²) in [4.78, 5) is 11.9. The van der Waals surface area contributed by atoms with Crippen molar-refractivity contribution in [1.29, 1.82) is 0 Å². The van der Waals surface area contributed by atoms with E-state index in [1.54, 1.807) is 6.07 Å². The van der Waals surface area contributed by atoms with Crippen molar-refractivity contribution in [2.24, 2.45) is 11.8 Å². The van der Waals surface area contributed by atoms with Gasteiger partial charge in [-0.25, -0.2) is 0 Å². The van der Waals surface area contributed by atoms with Crippen molar-refractivity contribution in [3.05, 3.63) is 21.3 Å². The van der Waals surface area contributed by atoms with Crippen LogP contribution in [0.15, 0.2) is 11.4 Å². The van der Waals surface area contributed by atoms with Gasteiger partial charge in [0.15, 0.2) is 0 Å². The smallest absolute Gasteiger partial charge is 0.306 e. The summed E-state index contributed by atoms with van der Waals surface area (Å²) in [6.45, 7) is 0. The fourth-order valence-corrected chi connectivity index (χ4v) is 3.78. The zero-order valence-corrected chi connectivity index (χ0v) is 10.9. The largest absolute Gasteiger partial charge is 0.481 e. The average molecular weight is 275 g/mol. The van der Waals surface area contributed by atoms with Crippen LogP contribution < -0.4 is 0 Å². The SMILES string of the molecule is O=C(O)C1CCCCC1C(O)c1sccc1Cl. The minimum atomic E-state index is -0.804. The molecule has 0 bridgehead atoms. The zero-order valence-electron chi connectivity index (χ0n) is 9.30. The molecule has 0 amide bonds. The molecule has 1 aliphatic rings. The number of aliphatic hydroxyl groups is 1. The fourth-order valence-electron chi connectivity index (χ4n) is 2.55. The van der Waals surface area contributed by atoms with E-state index in [1.807, 2.05) is 5.38 Å². The van der Waals surface area contributed by atoms with Crippen LogP contribution >= 0.6 is 22.9 Å². The topological polar surface area (TPSA) is 57.5 Å². The van der Waals surface area contributed by atoms with Gasteiger partial charge in [-0.15, -0.1) is 11.3 Å². The summed E-state index contributed by atoms with van der Waals surface area (Å²) in [5.74, 6) is -1.46. The van der Waals surface area contributed by atoms with Gasteiger partial charge in [-0.05, 0) is 24.3 Å². The Kier molecular flexibility index (Phi) is 4.07. The molecule has 0 aromatic carbocycles. The monoisotopic (exact) mass is 274 g/mol. The van der Waals surface area contributed by atoms with E-state index in [1.165, 1.54) is 11.3 Å². The molecule has 2 rings (SSSR count). The summed E-state index contributed by atoms with van der Waals surface area (Å²) in [7, 11) is 0. The first-order chi connectivity index (χ1) is 8.11. The number of carbonyl (C=O) groups is 1. The van der Waals surface area contributed by atoms with Crippen LogP contribution in [0.5, 0.6) is 0 Å². The Morgan fingerprint density at radius 2 is 2.18 bits per heavy atom. The van der Waals surface area contributed by atoms with E-state index in [0.29, 0.717) is 16.3 Å². The summed E-state index contributed by atoms with van der Waals surface area (Å²) >= 11 is 7.37. The number of halogens is 1. The second-order valence-corrected chi connectivity index (χ2v) is 5.83. The first kappa shape index (κ1) is 12.9. The summed E-state index contributed by atoms with van der Waals surface area (Å²) in [6, 6.07) is 1.74. The van der Waals surface area contributed by atoms with Gasteiger partial charge in [0.2, 0.25) is 0 Å². The Balaban J connectivity index is 2.19. The molecule has 94 valence electrons. The highest BCUT2D eigenvalue weighted by atomic mass is 35.5. The molecule has 1 aliphatic carbocycles. The number of rotatable bonds is 3. The lowest BCUT2D eigenvalue weighted by Gasteiger charge is -2.31. The molecule has 2 N–H and O–H groups in total. The minimum absolute atomic E-state index is 0.211. The molecule has 3 atom stereocenters. The summed E-state index contributed by atoms with van der Waals surface area (Å²) < 4.78 is 0. The number of aliphatic carboxylic acids is 1. The van der Waals surface area contributed by atoms with Crippen molar-refractivity contribution in [2.45, 2.75) is 31.8 Å². The molecule has 1 fully saturated rings. The van der Waals surface area contributed by atoms with E-state index >= 15 is 0 Å². The van der Waals surface area contributed by atoms with Crippen molar-refractivity contribution >= 4 is 28.9 Å². The molecule has 1 aromatic heterocycles. The lowest BCUT2D eigenvalue weighted by atomic mass is 9.76. The van der Waals surface area contributed by atoms with Crippen LogP contribution in [-0.2, 0) is 4.79 Å². The molecular formula is C12H15ClO3S. The van der Waals surface area contributed by atoms with E-state index < -0.39 is 18.0 Å². The molecule has 5 heteroatoms. The average Bonchev–Trinajstić information content (AvgIpc) is 2.74. The van der Waals surface area contributed by atoms with Gasteiger partial charge in [0, 0.05) is 5.92 Å². The summed E-state index contributed by atoms with van der Waals surface area (Å²) in [5, 5.41) is 21.8. The maximum atomic E-state index is 11.2. The summed E-state index contributed by atoms with van der Waals surface area (Å²) in [5.41, 5.74) is 0. The van der Waals surface area contributed by atoms with Gasteiger partial charge >= 0.3 is 5.97 Å². The first-order valence-electron chi connectivity index (χ1n) is 5.75. The van der Waals surface area contributed by atoms with Crippen LogP contribution in [0.2, 0.25) is 5.02 Å². The Morgan fingerprint density at radius 3 is 2.76 bits per heavy atom. The molecule has 0 radical (unpaired) electrons. The van der Waals surface area contributed by atoms with Gasteiger partial charge in [-0.1, -0.05) is 24.4 Å². The number of hydrogen-bond donors (Lipinski definition) is 2. The van der Waals surface area contributed by atoms with Crippen molar-refractivity contribution in [1.82, 2.24) is 0 Å². The number of thiophene rings is 1. The molecule has 17 heavy (non-hydrogen) atoms. The lowest BCUT2D eigenvalue weighted by Crippen LogP contribution is -2.31. The normalized spacial score (nSPS) is 26.7. The molecule has 1 saturated carbocycles. The second-order valence-electron chi connectivity index (χ2n) is 4.47. The third-order valence-corrected chi connectivity index (χ3v) is 4.88. The van der Waals surface area contributed by atoms with E-state index in [-0.39, 0.29) is 5.92 Å². The van der Waals surface area contributed by atoms with E-state index in [4.69, 9.17) is 11.6 Å². The third kappa shape index (κ3) is 2.64. The zero-order chi connectivity index (χ0) is 12.4. The van der Waals surface area contributed by atoms with Crippen molar-refractivity contribution < 1.29 is 15.0 Å². The first-order valence-corrected chi connectivity index (χ1v) is 7.00. The van der Waals surface area contributed by atoms with Crippen molar-refractivity contribution in [3.8, 4) is 0 Å². The van der Waals surface area contributed by atoms with Crippen LogP contribution in [0.3, 0.4) is 0 Å². The van der Waals surface area contributed by atoms with E-state index in [9.17, 15) is 15.0 Å². The van der Waals surface area contributed by atoms with E-state index in [0.717, 1.165) is 19.3 Å². The van der Waals surface area contributed by atoms with Crippen LogP contribution in [0.25, 0.3) is 0 Å². The van der Waals surface area contributed by atoms with Crippen LogP contribution in [0, 0.1) is 11.8 Å². The van der Waals surface area contributed by atoms with Crippen LogP contribution in [0.1, 0.15) is 36.7 Å². The maximum absolute atomic E-state index is 11.2. The minimum Gasteiger partial charge on any atom is -0.481 e. The highest BCUT2D eigenvalue weighted by molar-refractivity contribution is 7.10. The van der Waals surface area contributed by atoms with Crippen molar-refractivity contribution in [2.75, 3.05) is 0 Å². The standard InChI is InChI=1S/C12H15ClO3S/c13-9-5-6-17-11(9)10(14)7-3-1-2-4-8(7)12(15)16/h5-8,10,14H,1-4H2,(H,15,16). The Hall–Kier alpha value is -0.580. The number of hydrogen-bond acceptors (Lipinski definition) is 3. The molecular weight excluding hydrogens is 260 g/mol. The Morgan fingerprint density at radius 1 is 1.47 bits per heavy atom. The molecule has 1 aromatic rings. The van der Waals surface area contributed by atoms with Crippen LogP contribution in [0.4, 0.5) is 0 Å². The molecule has 0 aliphatic heterocycles. The Bertz CT molecular complexity index is 404. The molecule has 3 nitrogen and oxygen atoms in total. The van der Waals surface area contributed by atoms with Crippen molar-refractivity contribution in [3.63, 3.8) is 0 Å². The number of aliphatic hydroxyl groups excluding tert-OH is 1. The van der Waals surface area contributed by atoms with Gasteiger partial charge in [-0.2, -0.15) is 0 Å². The fraction of sp³-hybridized carbons (Fsp3) is 0.583.